The van der Waals surface area contributed by atoms with Crippen LogP contribution in [0.3, 0.4) is 0 Å². The third-order valence-corrected chi connectivity index (χ3v) is 10.5. The fourth-order valence-electron chi connectivity index (χ4n) is 8.33. The van der Waals surface area contributed by atoms with E-state index >= 15 is 0 Å². The Labute approximate surface area is 287 Å². The molecular weight excluding hydrogens is 609 g/mol. The monoisotopic (exact) mass is 636 g/mol. The lowest BCUT2D eigenvalue weighted by atomic mass is 9.84. The third kappa shape index (κ3) is 3.85. The first-order chi connectivity index (χ1) is 24.8. The highest BCUT2D eigenvalue weighted by molar-refractivity contribution is 6.26. The molecule has 0 atom stereocenters. The second-order valence-electron chi connectivity index (χ2n) is 13.2. The first kappa shape index (κ1) is 27.3. The molecule has 0 aliphatic heterocycles. The van der Waals surface area contributed by atoms with E-state index in [-0.39, 0.29) is 0 Å². The average molecular weight is 637 g/mol. The van der Waals surface area contributed by atoms with Gasteiger partial charge >= 0.3 is 0 Å². The van der Waals surface area contributed by atoms with E-state index in [9.17, 15) is 0 Å². The Hall–Kier alpha value is -6.64. The fraction of sp³-hybridized carbons (Fsp3) is 0. The van der Waals surface area contributed by atoms with Crippen LogP contribution in [0, 0.1) is 0 Å². The van der Waals surface area contributed by atoms with Gasteiger partial charge in [-0.25, -0.2) is 0 Å². The molecule has 2 nitrogen and oxygen atoms in total. The maximum atomic E-state index is 6.79. The summed E-state index contributed by atoms with van der Waals surface area (Å²) < 4.78 is 12.8. The summed E-state index contributed by atoms with van der Waals surface area (Å²) in [6.07, 6.45) is 1.84. The Morgan fingerprint density at radius 2 is 0.940 bits per heavy atom. The smallest absolute Gasteiger partial charge is 0.147 e. The zero-order valence-electron chi connectivity index (χ0n) is 27.0. The molecule has 0 amide bonds. The van der Waals surface area contributed by atoms with Gasteiger partial charge in [-0.05, 0) is 101 Å². The van der Waals surface area contributed by atoms with Crippen LogP contribution in [-0.4, -0.2) is 0 Å². The van der Waals surface area contributed by atoms with Crippen LogP contribution in [-0.2, 0) is 0 Å². The highest BCUT2D eigenvalue weighted by atomic mass is 16.3. The van der Waals surface area contributed by atoms with Crippen LogP contribution in [0.4, 0.5) is 0 Å². The number of hydrogen-bond donors (Lipinski definition) is 0. The molecule has 0 aliphatic rings. The highest BCUT2D eigenvalue weighted by Gasteiger charge is 2.21. The first-order valence-electron chi connectivity index (χ1n) is 17.1. The summed E-state index contributed by atoms with van der Waals surface area (Å²) in [5.74, 6) is 0. The van der Waals surface area contributed by atoms with Crippen molar-refractivity contribution in [3.63, 3.8) is 0 Å². The molecule has 2 aromatic heterocycles. The molecule has 11 aromatic rings. The zero-order chi connectivity index (χ0) is 32.8. The summed E-state index contributed by atoms with van der Waals surface area (Å²) in [5.41, 5.74) is 9.56. The van der Waals surface area contributed by atoms with E-state index in [4.69, 9.17) is 8.83 Å². The van der Waals surface area contributed by atoms with Gasteiger partial charge in [-0.15, -0.1) is 0 Å². The Morgan fingerprint density at radius 1 is 0.340 bits per heavy atom. The average Bonchev–Trinajstić information content (AvgIpc) is 3.78. The van der Waals surface area contributed by atoms with Gasteiger partial charge in [0, 0.05) is 16.3 Å². The topological polar surface area (TPSA) is 26.3 Å². The molecule has 0 N–H and O–H groups in total. The Kier molecular flexibility index (Phi) is 5.70. The number of benzene rings is 9. The van der Waals surface area contributed by atoms with Crippen molar-refractivity contribution in [2.24, 2.45) is 0 Å². The maximum Gasteiger partial charge on any atom is 0.147 e. The summed E-state index contributed by atoms with van der Waals surface area (Å²) in [6, 6.07) is 58.9. The predicted octanol–water partition coefficient (Wildman–Crippen LogP) is 13.9. The quantitative estimate of drug-likeness (QED) is 0.142. The standard InChI is InChI=1S/C48H28O2/c1-2-12-29(13-3-1)42-28-49-43-25-24-40-35-23-22-31(27-44(35)50-48(40)47(42)43)45-36-18-8-10-20-38(36)46(39-21-11-9-19-37(39)45)41-26-30-14-4-5-15-32(30)33-16-6-7-17-34(33)41/h1-28H. The first-order valence-corrected chi connectivity index (χ1v) is 17.1. The van der Waals surface area contributed by atoms with Crippen LogP contribution in [0.1, 0.15) is 0 Å². The Balaban J connectivity index is 1.20. The molecule has 0 aliphatic carbocycles. The van der Waals surface area contributed by atoms with Gasteiger partial charge < -0.3 is 8.83 Å². The molecule has 9 aromatic carbocycles. The summed E-state index contributed by atoms with van der Waals surface area (Å²) in [7, 11) is 0. The van der Waals surface area contributed by atoms with Gasteiger partial charge in [-0.1, -0.05) is 133 Å². The molecular formula is C48H28O2. The molecule has 50 heavy (non-hydrogen) atoms. The fourth-order valence-corrected chi connectivity index (χ4v) is 8.33. The molecule has 232 valence electrons. The van der Waals surface area contributed by atoms with Crippen molar-refractivity contribution in [1.82, 2.24) is 0 Å². The van der Waals surface area contributed by atoms with Crippen LogP contribution in [0.5, 0.6) is 0 Å². The van der Waals surface area contributed by atoms with Crippen molar-refractivity contribution in [3.05, 3.63) is 170 Å². The van der Waals surface area contributed by atoms with Gasteiger partial charge in [-0.2, -0.15) is 0 Å². The second kappa shape index (κ2) is 10.4. The van der Waals surface area contributed by atoms with Gasteiger partial charge in [0.25, 0.3) is 0 Å². The van der Waals surface area contributed by atoms with E-state index in [1.54, 1.807) is 0 Å². The summed E-state index contributed by atoms with van der Waals surface area (Å²) in [6.45, 7) is 0. The van der Waals surface area contributed by atoms with Crippen molar-refractivity contribution >= 4 is 76.0 Å². The van der Waals surface area contributed by atoms with Crippen LogP contribution < -0.4 is 0 Å². The summed E-state index contributed by atoms with van der Waals surface area (Å²) in [4.78, 5) is 0. The SMILES string of the molecule is c1ccc(-c2coc3ccc4c5ccc(-c6c7ccccc7c(-c7cc8ccccc8c8ccccc78)c7ccccc67)cc5oc4c23)cc1. The highest BCUT2D eigenvalue weighted by Crippen LogP contribution is 2.48. The molecule has 0 fully saturated rings. The molecule has 0 radical (unpaired) electrons. The van der Waals surface area contributed by atoms with E-state index in [1.165, 1.54) is 59.8 Å². The Morgan fingerprint density at radius 3 is 1.68 bits per heavy atom. The van der Waals surface area contributed by atoms with Gasteiger partial charge in [0.05, 0.1) is 11.6 Å². The predicted molar refractivity (Wildman–Crippen MR) is 210 cm³/mol. The Bertz CT molecular complexity index is 3080. The number of furan rings is 2. The molecule has 11 rings (SSSR count). The van der Waals surface area contributed by atoms with E-state index < -0.39 is 0 Å². The van der Waals surface area contributed by atoms with E-state index in [1.807, 2.05) is 12.3 Å². The maximum absolute atomic E-state index is 6.79. The molecule has 0 unspecified atom stereocenters. The van der Waals surface area contributed by atoms with Gasteiger partial charge in [-0.3, -0.25) is 0 Å². The summed E-state index contributed by atoms with van der Waals surface area (Å²) >= 11 is 0. The normalized spacial score (nSPS) is 12.0. The third-order valence-electron chi connectivity index (χ3n) is 10.5. The van der Waals surface area contributed by atoms with Crippen LogP contribution in [0.15, 0.2) is 179 Å². The van der Waals surface area contributed by atoms with Crippen molar-refractivity contribution in [2.45, 2.75) is 0 Å². The van der Waals surface area contributed by atoms with Gasteiger partial charge in [0.1, 0.15) is 16.7 Å². The number of hydrogen-bond acceptors (Lipinski definition) is 2. The number of fused-ring (bicyclic) bond motifs is 10. The molecule has 0 spiro atoms. The van der Waals surface area contributed by atoms with E-state index in [0.29, 0.717) is 0 Å². The summed E-state index contributed by atoms with van der Waals surface area (Å²) in [5, 5.41) is 13.2. The second-order valence-corrected chi connectivity index (χ2v) is 13.2. The minimum Gasteiger partial charge on any atom is -0.464 e. The minimum atomic E-state index is 0.824. The van der Waals surface area contributed by atoms with Crippen LogP contribution in [0.2, 0.25) is 0 Å². The lowest BCUT2D eigenvalue weighted by molar-refractivity contribution is 0.616. The van der Waals surface area contributed by atoms with Crippen LogP contribution in [0.25, 0.3) is 109 Å². The van der Waals surface area contributed by atoms with Crippen molar-refractivity contribution in [2.75, 3.05) is 0 Å². The van der Waals surface area contributed by atoms with E-state index in [0.717, 1.165) is 49.6 Å². The molecule has 2 heteroatoms. The lowest BCUT2D eigenvalue weighted by Crippen LogP contribution is -1.92. The van der Waals surface area contributed by atoms with Gasteiger partial charge in [0.2, 0.25) is 0 Å². The lowest BCUT2D eigenvalue weighted by Gasteiger charge is -2.19. The minimum absolute atomic E-state index is 0.824. The van der Waals surface area contributed by atoms with E-state index in [2.05, 4.69) is 158 Å². The molecule has 0 saturated heterocycles. The molecule has 0 saturated carbocycles. The van der Waals surface area contributed by atoms with Gasteiger partial charge in [0.15, 0.2) is 0 Å². The van der Waals surface area contributed by atoms with Crippen molar-refractivity contribution in [1.29, 1.82) is 0 Å². The number of rotatable bonds is 3. The van der Waals surface area contributed by atoms with Crippen molar-refractivity contribution in [3.8, 4) is 33.4 Å². The largest absolute Gasteiger partial charge is 0.464 e. The molecule has 0 bridgehead atoms. The zero-order valence-corrected chi connectivity index (χ0v) is 27.0. The van der Waals surface area contributed by atoms with Crippen LogP contribution >= 0.6 is 0 Å². The molecule has 2 heterocycles. The van der Waals surface area contributed by atoms with Crippen molar-refractivity contribution < 1.29 is 8.83 Å².